The van der Waals surface area contributed by atoms with Crippen LogP contribution < -0.4 is 0 Å². The molecule has 0 radical (unpaired) electrons. The molecule has 0 unspecified atom stereocenters. The highest BCUT2D eigenvalue weighted by atomic mass is 16.5. The van der Waals surface area contributed by atoms with Gasteiger partial charge in [-0.2, -0.15) is 0 Å². The van der Waals surface area contributed by atoms with Gasteiger partial charge in [-0.05, 0) is 30.7 Å². The second-order valence-electron chi connectivity index (χ2n) is 4.01. The Morgan fingerprint density at radius 1 is 1.33 bits per heavy atom. The Hall–Kier alpha value is -2.56. The van der Waals surface area contributed by atoms with Crippen molar-refractivity contribution in [1.29, 1.82) is 0 Å². The summed E-state index contributed by atoms with van der Waals surface area (Å²) in [6.07, 6.45) is 1.68. The van der Waals surface area contributed by atoms with Gasteiger partial charge in [-0.15, -0.1) is 0 Å². The van der Waals surface area contributed by atoms with E-state index in [4.69, 9.17) is 14.0 Å². The zero-order chi connectivity index (χ0) is 12.7. The van der Waals surface area contributed by atoms with Crippen molar-refractivity contribution in [2.75, 3.05) is 0 Å². The van der Waals surface area contributed by atoms with Crippen LogP contribution in [0.1, 0.15) is 16.1 Å². The third-order valence-corrected chi connectivity index (χ3v) is 2.78. The highest BCUT2D eigenvalue weighted by Gasteiger charge is 2.13. The molecule has 1 N–H and O–H groups in total. The molecule has 0 amide bonds. The van der Waals surface area contributed by atoms with Crippen LogP contribution in [0.3, 0.4) is 0 Å². The summed E-state index contributed by atoms with van der Waals surface area (Å²) in [7, 11) is 0. The number of aromatic carboxylic acids is 1. The van der Waals surface area contributed by atoms with Crippen LogP contribution in [0.25, 0.3) is 22.2 Å². The Morgan fingerprint density at radius 3 is 2.89 bits per heavy atom. The predicted molar refractivity (Wildman–Crippen MR) is 63.4 cm³/mol. The van der Waals surface area contributed by atoms with E-state index in [0.29, 0.717) is 5.69 Å². The number of nitrogens with zero attached hydrogens (tertiary/aromatic N) is 1. The number of hydrogen-bond acceptors (Lipinski definition) is 4. The second kappa shape index (κ2) is 3.73. The predicted octanol–water partition coefficient (Wildman–Crippen LogP) is 3.09. The molecule has 3 rings (SSSR count). The van der Waals surface area contributed by atoms with Crippen molar-refractivity contribution in [2.24, 2.45) is 0 Å². The molecule has 18 heavy (non-hydrogen) atoms. The molecule has 0 saturated heterocycles. The molecule has 5 heteroatoms. The molecule has 0 spiro atoms. The number of benzene rings is 1. The third-order valence-electron chi connectivity index (χ3n) is 2.78. The molecule has 2 heterocycles. The highest BCUT2D eigenvalue weighted by Crippen LogP contribution is 2.27. The number of furan rings is 1. The normalized spacial score (nSPS) is 10.9. The average Bonchev–Trinajstić information content (AvgIpc) is 2.96. The molecule has 0 aliphatic rings. The monoisotopic (exact) mass is 243 g/mol. The minimum absolute atomic E-state index is 0.172. The van der Waals surface area contributed by atoms with Crippen LogP contribution in [-0.2, 0) is 0 Å². The number of carboxylic acids is 1. The van der Waals surface area contributed by atoms with E-state index < -0.39 is 5.97 Å². The van der Waals surface area contributed by atoms with Gasteiger partial charge in [0.1, 0.15) is 11.3 Å². The standard InChI is InChI=1S/C13H9NO4/c1-7-6-17-11-3-2-8(4-9(7)11)10-5-12(13(15)16)18-14-10/h2-6H,1H3,(H,15,16). The largest absolute Gasteiger partial charge is 0.475 e. The molecule has 3 aromatic rings. The number of aromatic nitrogens is 1. The first kappa shape index (κ1) is 10.6. The first-order valence-electron chi connectivity index (χ1n) is 5.33. The van der Waals surface area contributed by atoms with Gasteiger partial charge in [0.15, 0.2) is 0 Å². The molecule has 0 aliphatic carbocycles. The van der Waals surface area contributed by atoms with E-state index >= 15 is 0 Å². The van der Waals surface area contributed by atoms with E-state index in [1.54, 1.807) is 6.26 Å². The summed E-state index contributed by atoms with van der Waals surface area (Å²) < 4.78 is 10.1. The van der Waals surface area contributed by atoms with Crippen molar-refractivity contribution < 1.29 is 18.8 Å². The summed E-state index contributed by atoms with van der Waals surface area (Å²) in [5, 5.41) is 13.5. The van der Waals surface area contributed by atoms with Crippen LogP contribution >= 0.6 is 0 Å². The second-order valence-corrected chi connectivity index (χ2v) is 4.01. The van der Waals surface area contributed by atoms with Gasteiger partial charge in [-0.25, -0.2) is 4.79 Å². The summed E-state index contributed by atoms with van der Waals surface area (Å²) in [5.74, 6) is -1.30. The van der Waals surface area contributed by atoms with E-state index in [1.165, 1.54) is 6.07 Å². The van der Waals surface area contributed by atoms with Crippen LogP contribution in [0.4, 0.5) is 0 Å². The number of carboxylic acid groups (broad SMARTS) is 1. The minimum Gasteiger partial charge on any atom is -0.475 e. The van der Waals surface area contributed by atoms with E-state index in [1.807, 2.05) is 25.1 Å². The first-order valence-corrected chi connectivity index (χ1v) is 5.33. The molecule has 5 nitrogen and oxygen atoms in total. The summed E-state index contributed by atoms with van der Waals surface area (Å²) >= 11 is 0. The van der Waals surface area contributed by atoms with Gasteiger partial charge < -0.3 is 14.0 Å². The fourth-order valence-corrected chi connectivity index (χ4v) is 1.83. The lowest BCUT2D eigenvalue weighted by molar-refractivity contribution is 0.0652. The molecule has 0 fully saturated rings. The van der Waals surface area contributed by atoms with E-state index in [0.717, 1.165) is 22.1 Å². The fourth-order valence-electron chi connectivity index (χ4n) is 1.83. The Labute approximate surface area is 102 Å². The molecular weight excluding hydrogens is 234 g/mol. The van der Waals surface area contributed by atoms with Gasteiger partial charge in [0.05, 0.1) is 6.26 Å². The first-order chi connectivity index (χ1) is 8.65. The molecule has 0 atom stereocenters. The molecule has 0 saturated carbocycles. The molecule has 1 aromatic carbocycles. The highest BCUT2D eigenvalue weighted by molar-refractivity contribution is 5.88. The molecule has 0 aliphatic heterocycles. The van der Waals surface area contributed by atoms with Gasteiger partial charge in [-0.1, -0.05) is 5.16 Å². The third kappa shape index (κ3) is 1.57. The van der Waals surface area contributed by atoms with Gasteiger partial charge in [0, 0.05) is 17.0 Å². The van der Waals surface area contributed by atoms with E-state index in [9.17, 15) is 4.79 Å². The maximum atomic E-state index is 10.7. The topological polar surface area (TPSA) is 76.5 Å². The molecule has 90 valence electrons. The lowest BCUT2D eigenvalue weighted by Crippen LogP contribution is -1.91. The van der Waals surface area contributed by atoms with Crippen LogP contribution in [0.5, 0.6) is 0 Å². The van der Waals surface area contributed by atoms with Crippen LogP contribution in [0, 0.1) is 6.92 Å². The van der Waals surface area contributed by atoms with Crippen molar-refractivity contribution in [3.05, 3.63) is 41.9 Å². The lowest BCUT2D eigenvalue weighted by atomic mass is 10.1. The number of rotatable bonds is 2. The van der Waals surface area contributed by atoms with Crippen LogP contribution in [0.2, 0.25) is 0 Å². The fraction of sp³-hybridized carbons (Fsp3) is 0.0769. The number of aryl methyl sites for hydroxylation is 1. The van der Waals surface area contributed by atoms with Crippen molar-refractivity contribution >= 4 is 16.9 Å². The van der Waals surface area contributed by atoms with Crippen LogP contribution in [0.15, 0.2) is 39.5 Å². The van der Waals surface area contributed by atoms with Gasteiger partial charge >= 0.3 is 5.97 Å². The van der Waals surface area contributed by atoms with Gasteiger partial charge in [0.2, 0.25) is 5.76 Å². The number of carbonyl (C=O) groups is 1. The smallest absolute Gasteiger partial charge is 0.374 e. The Balaban J connectivity index is 2.12. The maximum Gasteiger partial charge on any atom is 0.374 e. The quantitative estimate of drug-likeness (QED) is 0.748. The van der Waals surface area contributed by atoms with Crippen molar-refractivity contribution in [1.82, 2.24) is 5.16 Å². The van der Waals surface area contributed by atoms with Crippen molar-refractivity contribution in [3.8, 4) is 11.3 Å². The summed E-state index contributed by atoms with van der Waals surface area (Å²) in [6.45, 7) is 1.95. The Bertz CT molecular complexity index is 738. The van der Waals surface area contributed by atoms with E-state index in [2.05, 4.69) is 5.16 Å². The van der Waals surface area contributed by atoms with Gasteiger partial charge in [-0.3, -0.25) is 0 Å². The maximum absolute atomic E-state index is 10.7. The Morgan fingerprint density at radius 2 is 2.17 bits per heavy atom. The zero-order valence-electron chi connectivity index (χ0n) is 9.51. The summed E-state index contributed by atoms with van der Waals surface area (Å²) in [5.41, 5.74) is 3.10. The SMILES string of the molecule is Cc1coc2ccc(-c3cc(C(=O)O)on3)cc12. The molecular formula is C13H9NO4. The van der Waals surface area contributed by atoms with Gasteiger partial charge in [0.25, 0.3) is 0 Å². The van der Waals surface area contributed by atoms with E-state index in [-0.39, 0.29) is 5.76 Å². The van der Waals surface area contributed by atoms with Crippen molar-refractivity contribution in [2.45, 2.75) is 6.92 Å². The number of fused-ring (bicyclic) bond motifs is 1. The average molecular weight is 243 g/mol. The molecule has 2 aromatic heterocycles. The summed E-state index contributed by atoms with van der Waals surface area (Å²) in [4.78, 5) is 10.7. The molecule has 0 bridgehead atoms. The van der Waals surface area contributed by atoms with Crippen LogP contribution in [-0.4, -0.2) is 16.2 Å². The Kier molecular flexibility index (Phi) is 2.19. The number of hydrogen-bond donors (Lipinski definition) is 1. The summed E-state index contributed by atoms with van der Waals surface area (Å²) in [6, 6.07) is 6.94. The minimum atomic E-state index is -1.13. The lowest BCUT2D eigenvalue weighted by Gasteiger charge is -1.95. The van der Waals surface area contributed by atoms with Crippen molar-refractivity contribution in [3.63, 3.8) is 0 Å². The zero-order valence-corrected chi connectivity index (χ0v) is 9.51.